The third-order valence-electron chi connectivity index (χ3n) is 7.71. The summed E-state index contributed by atoms with van der Waals surface area (Å²) in [5.74, 6) is -0.0625. The van der Waals surface area contributed by atoms with Crippen LogP contribution in [0.1, 0.15) is 65.5 Å². The molecule has 4 nitrogen and oxygen atoms in total. The van der Waals surface area contributed by atoms with E-state index in [9.17, 15) is 4.79 Å². The Morgan fingerprint density at radius 2 is 1.59 bits per heavy atom. The fourth-order valence-electron chi connectivity index (χ4n) is 5.51. The summed E-state index contributed by atoms with van der Waals surface area (Å²) in [5.41, 5.74) is 6.83. The van der Waals surface area contributed by atoms with Crippen LogP contribution < -0.4 is 0 Å². The molecule has 0 saturated heterocycles. The third kappa shape index (κ3) is 5.57. The monoisotopic (exact) mass is 697 g/mol. The zero-order chi connectivity index (χ0) is 27.2. The smallest absolute Gasteiger partial charge is 0.155 e. The van der Waals surface area contributed by atoms with Gasteiger partial charge in [0.2, 0.25) is 0 Å². The first kappa shape index (κ1) is 28.7. The van der Waals surface area contributed by atoms with Crippen molar-refractivity contribution in [1.82, 2.24) is 4.98 Å². The van der Waals surface area contributed by atoms with Crippen molar-refractivity contribution >= 4 is 38.5 Å². The van der Waals surface area contributed by atoms with Crippen molar-refractivity contribution in [1.29, 1.82) is 0 Å². The third-order valence-corrected chi connectivity index (χ3v) is 7.71. The molecule has 0 bridgehead atoms. The van der Waals surface area contributed by atoms with Gasteiger partial charge in [0, 0.05) is 48.8 Å². The zero-order valence-electron chi connectivity index (χ0n) is 23.3. The van der Waals surface area contributed by atoms with Crippen LogP contribution in [0.5, 0.6) is 0 Å². The van der Waals surface area contributed by atoms with E-state index in [1.54, 1.807) is 0 Å². The van der Waals surface area contributed by atoms with Crippen molar-refractivity contribution < 1.29 is 34.4 Å². The van der Waals surface area contributed by atoms with E-state index in [0.29, 0.717) is 0 Å². The minimum Gasteiger partial charge on any atom is -0.512 e. The van der Waals surface area contributed by atoms with Gasteiger partial charge in [0.1, 0.15) is 11.2 Å². The normalized spacial score (nSPS) is 15.8. The number of aliphatic hydroxyl groups is 1. The van der Waals surface area contributed by atoms with Gasteiger partial charge in [-0.1, -0.05) is 57.3 Å². The van der Waals surface area contributed by atoms with Crippen molar-refractivity contribution in [3.05, 3.63) is 89.8 Å². The molecule has 5 aromatic rings. The van der Waals surface area contributed by atoms with Gasteiger partial charge in [0.25, 0.3) is 0 Å². The van der Waals surface area contributed by atoms with Crippen molar-refractivity contribution in [3.8, 4) is 11.3 Å². The molecule has 1 aliphatic carbocycles. The molecule has 6 rings (SSSR count). The van der Waals surface area contributed by atoms with Gasteiger partial charge in [-0.05, 0) is 66.8 Å². The van der Waals surface area contributed by atoms with E-state index in [1.807, 2.05) is 12.3 Å². The summed E-state index contributed by atoms with van der Waals surface area (Å²) in [6.07, 6.45) is 5.45. The Morgan fingerprint density at radius 1 is 0.949 bits per heavy atom. The molecule has 2 heterocycles. The van der Waals surface area contributed by atoms with Gasteiger partial charge in [-0.15, -0.1) is 29.1 Å². The van der Waals surface area contributed by atoms with Gasteiger partial charge in [-0.3, -0.25) is 4.79 Å². The first-order valence-electron chi connectivity index (χ1n) is 13.1. The molecule has 0 spiro atoms. The largest absolute Gasteiger partial charge is 0.512 e. The molecule has 1 radical (unpaired) electrons. The minimum absolute atomic E-state index is 0. The Labute approximate surface area is 243 Å². The SMILES string of the molecule is CC(=O)/C=C(/C)O.CC1(C)CCC(C)(C)c2cc3c(cc21)oc1c(-c2[c-]cc4ccccc4c2)nccc13.[Ir]. The summed E-state index contributed by atoms with van der Waals surface area (Å²) in [6.45, 7) is 12.3. The number of rotatable bonds is 2. The maximum Gasteiger partial charge on any atom is 0.155 e. The number of ketones is 1. The Balaban J connectivity index is 0.000000394. The van der Waals surface area contributed by atoms with Crippen LogP contribution in [0.15, 0.2) is 77.0 Å². The summed E-state index contributed by atoms with van der Waals surface area (Å²) < 4.78 is 6.50. The molecule has 0 fully saturated rings. The second kappa shape index (κ2) is 10.7. The Bertz CT molecular complexity index is 1720. The van der Waals surface area contributed by atoms with E-state index in [-0.39, 0.29) is 42.5 Å². The minimum atomic E-state index is -0.125. The van der Waals surface area contributed by atoms with Crippen LogP contribution in [0.4, 0.5) is 0 Å². The molecule has 3 aromatic carbocycles. The van der Waals surface area contributed by atoms with Crippen molar-refractivity contribution in [2.45, 2.75) is 65.2 Å². The number of pyridine rings is 1. The Kier molecular flexibility index (Phi) is 7.89. The van der Waals surface area contributed by atoms with Crippen LogP contribution in [-0.2, 0) is 35.7 Å². The van der Waals surface area contributed by atoms with Gasteiger partial charge in [-0.2, -0.15) is 0 Å². The predicted octanol–water partition coefficient (Wildman–Crippen LogP) is 8.99. The molecular weight excluding hydrogens is 663 g/mol. The van der Waals surface area contributed by atoms with E-state index in [4.69, 9.17) is 14.5 Å². The second-order valence-corrected chi connectivity index (χ2v) is 11.7. The fourth-order valence-corrected chi connectivity index (χ4v) is 5.51. The average molecular weight is 697 g/mol. The van der Waals surface area contributed by atoms with Crippen LogP contribution in [0.25, 0.3) is 44.0 Å². The summed E-state index contributed by atoms with van der Waals surface area (Å²) >= 11 is 0. The average Bonchev–Trinajstić information content (AvgIpc) is 3.23. The van der Waals surface area contributed by atoms with E-state index in [2.05, 4.69) is 82.3 Å². The number of hydrogen-bond donors (Lipinski definition) is 1. The molecule has 0 saturated carbocycles. The van der Waals surface area contributed by atoms with E-state index < -0.39 is 0 Å². The summed E-state index contributed by atoms with van der Waals surface area (Å²) in [7, 11) is 0. The van der Waals surface area contributed by atoms with Crippen LogP contribution in [0, 0.1) is 6.07 Å². The standard InChI is InChI=1S/C29H26NO.C5H8O2.Ir/c1-28(2)12-13-29(3,4)24-17-25-22(16-23(24)28)21-11-14-30-26(27(21)31-25)20-10-9-18-7-5-6-8-19(18)15-20;1-4(6)3-5(2)7;/h5-9,11,14-17H,12-13H2,1-4H3;3,6H,1-2H3;/q-1;;/b;4-3-;. The number of furan rings is 1. The van der Waals surface area contributed by atoms with Gasteiger partial charge in [-0.25, -0.2) is 0 Å². The van der Waals surface area contributed by atoms with Crippen molar-refractivity contribution in [2.24, 2.45) is 0 Å². The molecule has 203 valence electrons. The van der Waals surface area contributed by atoms with Crippen LogP contribution in [0.3, 0.4) is 0 Å². The van der Waals surface area contributed by atoms with Crippen LogP contribution in [-0.4, -0.2) is 15.9 Å². The molecular formula is C34H34IrNO3-. The van der Waals surface area contributed by atoms with Crippen LogP contribution in [0.2, 0.25) is 0 Å². The quantitative estimate of drug-likeness (QED) is 0.114. The van der Waals surface area contributed by atoms with E-state index >= 15 is 0 Å². The number of carbonyl (C=O) groups excluding carboxylic acids is 1. The maximum absolute atomic E-state index is 10.0. The predicted molar refractivity (Wildman–Crippen MR) is 156 cm³/mol. The number of allylic oxidation sites excluding steroid dienone is 2. The molecule has 0 aliphatic heterocycles. The second-order valence-electron chi connectivity index (χ2n) is 11.7. The summed E-state index contributed by atoms with van der Waals surface area (Å²) in [4.78, 5) is 14.7. The van der Waals surface area contributed by atoms with Gasteiger partial charge >= 0.3 is 0 Å². The van der Waals surface area contributed by atoms with Gasteiger partial charge in [0.15, 0.2) is 5.78 Å². The molecule has 39 heavy (non-hydrogen) atoms. The topological polar surface area (TPSA) is 63.3 Å². The first-order valence-corrected chi connectivity index (χ1v) is 13.1. The Morgan fingerprint density at radius 3 is 2.21 bits per heavy atom. The number of aromatic nitrogens is 1. The molecule has 1 N–H and O–H groups in total. The summed E-state index contributed by atoms with van der Waals surface area (Å²) in [6, 6.07) is 22.7. The molecule has 0 unspecified atom stereocenters. The molecule has 0 amide bonds. The number of fused-ring (bicyclic) bond motifs is 5. The first-order chi connectivity index (χ1) is 18.0. The van der Waals surface area contributed by atoms with Gasteiger partial charge < -0.3 is 14.5 Å². The molecule has 2 aromatic heterocycles. The number of nitrogens with zero attached hydrogens (tertiary/aromatic N) is 1. The van der Waals surface area contributed by atoms with E-state index in [0.717, 1.165) is 27.8 Å². The van der Waals surface area contributed by atoms with Crippen molar-refractivity contribution in [3.63, 3.8) is 0 Å². The number of hydrogen-bond acceptors (Lipinski definition) is 4. The molecule has 0 atom stereocenters. The van der Waals surface area contributed by atoms with Gasteiger partial charge in [0.05, 0.1) is 5.76 Å². The van der Waals surface area contributed by atoms with Crippen molar-refractivity contribution in [2.75, 3.05) is 0 Å². The summed E-state index contributed by atoms with van der Waals surface area (Å²) in [5, 5.41) is 13.0. The van der Waals surface area contributed by atoms with E-state index in [1.165, 1.54) is 60.1 Å². The maximum atomic E-state index is 10.0. The number of carbonyl (C=O) groups is 1. The van der Waals surface area contributed by atoms with Crippen LogP contribution >= 0.6 is 0 Å². The zero-order valence-corrected chi connectivity index (χ0v) is 25.7. The molecule has 5 heteroatoms. The molecule has 1 aliphatic rings. The number of benzene rings is 3. The number of aliphatic hydroxyl groups excluding tert-OH is 1. The Hall–Kier alpha value is -3.27. The fraction of sp³-hybridized carbons (Fsp3) is 0.294.